The van der Waals surface area contributed by atoms with Crippen LogP contribution in [0.5, 0.6) is 0 Å². The first-order valence-corrected chi connectivity index (χ1v) is 13.2. The molecule has 0 atom stereocenters. The van der Waals surface area contributed by atoms with E-state index in [0.29, 0.717) is 5.84 Å². The van der Waals surface area contributed by atoms with Gasteiger partial charge in [0.2, 0.25) is 0 Å². The van der Waals surface area contributed by atoms with Crippen molar-refractivity contribution in [3.8, 4) is 0 Å². The maximum atomic E-state index is 8.60. The Kier molecular flexibility index (Phi) is 5.42. The molecule has 1 N–H and O–H groups in total. The average molecular weight is 507 g/mol. The average Bonchev–Trinajstić information content (AvgIpc) is 3.51. The Morgan fingerprint density at radius 1 is 0.632 bits per heavy atom. The van der Waals surface area contributed by atoms with Gasteiger partial charge in [-0.05, 0) is 18.2 Å². The topological polar surface area (TPSA) is 53.5 Å². The molecular weight excluding hydrogens is 484 g/mol. The number of rotatable bonds is 3. The molecule has 5 heteroatoms. The molecule has 38 heavy (non-hydrogen) atoms. The Labute approximate surface area is 223 Å². The summed E-state index contributed by atoms with van der Waals surface area (Å²) < 4.78 is 4.72. The summed E-state index contributed by atoms with van der Waals surface area (Å²) >= 11 is 1.84. The van der Waals surface area contributed by atoms with Gasteiger partial charge in [-0.3, -0.25) is 9.98 Å². The van der Waals surface area contributed by atoms with E-state index >= 15 is 0 Å². The number of hydrogen-bond donors (Lipinski definition) is 1. The summed E-state index contributed by atoms with van der Waals surface area (Å²) in [6.07, 6.45) is 1.84. The van der Waals surface area contributed by atoms with E-state index in [4.69, 9.17) is 10.4 Å². The summed E-state index contributed by atoms with van der Waals surface area (Å²) in [4.78, 5) is 9.52. The van der Waals surface area contributed by atoms with Gasteiger partial charge in [-0.1, -0.05) is 103 Å². The third-order valence-electron chi connectivity index (χ3n) is 6.81. The van der Waals surface area contributed by atoms with Crippen molar-refractivity contribution >= 4 is 71.3 Å². The van der Waals surface area contributed by atoms with Crippen molar-refractivity contribution in [1.82, 2.24) is 4.57 Å². The highest BCUT2D eigenvalue weighted by molar-refractivity contribution is 7.26. The molecule has 0 radical (unpaired) electrons. The molecule has 5 aromatic carbocycles. The van der Waals surface area contributed by atoms with Crippen molar-refractivity contribution < 1.29 is 0 Å². The lowest BCUT2D eigenvalue weighted by Gasteiger charge is -2.05. The predicted molar refractivity (Wildman–Crippen MR) is 162 cm³/mol. The number of thiophene rings is 1. The SMILES string of the molecule is N=C(/N=C(\N=C\n1c2ccccc2c2c3sc4ccccc4c3ccc21)c1ccccc1)c1ccccc1. The predicted octanol–water partition coefficient (Wildman–Crippen LogP) is 8.51. The second kappa shape index (κ2) is 9.21. The van der Waals surface area contributed by atoms with Crippen LogP contribution in [0.4, 0.5) is 0 Å². The van der Waals surface area contributed by atoms with Gasteiger partial charge in [0.1, 0.15) is 6.34 Å². The van der Waals surface area contributed by atoms with Crippen LogP contribution in [0.15, 0.2) is 131 Å². The fraction of sp³-hybridized carbons (Fsp3) is 0. The highest BCUT2D eigenvalue weighted by Crippen LogP contribution is 2.41. The Hall–Kier alpha value is -4.87. The van der Waals surface area contributed by atoms with Gasteiger partial charge in [0.25, 0.3) is 0 Å². The van der Waals surface area contributed by atoms with Gasteiger partial charge in [-0.25, -0.2) is 9.98 Å². The Morgan fingerprint density at radius 3 is 2.08 bits per heavy atom. The number of nitrogens with zero attached hydrogens (tertiary/aromatic N) is 3. The molecular formula is C33H22N4S. The first-order valence-electron chi connectivity index (χ1n) is 12.4. The summed E-state index contributed by atoms with van der Waals surface area (Å²) in [5, 5.41) is 13.6. The lowest BCUT2D eigenvalue weighted by atomic mass is 10.1. The van der Waals surface area contributed by atoms with Gasteiger partial charge in [0.05, 0.1) is 11.0 Å². The first kappa shape index (κ1) is 22.3. The third kappa shape index (κ3) is 3.72. The van der Waals surface area contributed by atoms with Gasteiger partial charge >= 0.3 is 0 Å². The molecule has 2 aromatic heterocycles. The molecule has 0 aliphatic rings. The van der Waals surface area contributed by atoms with Crippen molar-refractivity contribution in [2.75, 3.05) is 0 Å². The largest absolute Gasteiger partial charge is 0.300 e. The molecule has 0 bridgehead atoms. The van der Waals surface area contributed by atoms with E-state index in [0.717, 1.165) is 22.2 Å². The van der Waals surface area contributed by atoms with Crippen LogP contribution in [0.2, 0.25) is 0 Å². The quantitative estimate of drug-likeness (QED) is 0.184. The fourth-order valence-electron chi connectivity index (χ4n) is 5.02. The third-order valence-corrected chi connectivity index (χ3v) is 8.01. The fourth-order valence-corrected chi connectivity index (χ4v) is 6.28. The highest BCUT2D eigenvalue weighted by Gasteiger charge is 2.16. The van der Waals surface area contributed by atoms with Crippen LogP contribution in [0.25, 0.3) is 42.0 Å². The molecule has 180 valence electrons. The lowest BCUT2D eigenvalue weighted by Crippen LogP contribution is -2.06. The molecule has 0 amide bonds. The minimum atomic E-state index is 0.177. The van der Waals surface area contributed by atoms with Crippen molar-refractivity contribution in [2.24, 2.45) is 9.98 Å². The van der Waals surface area contributed by atoms with Crippen LogP contribution >= 0.6 is 11.3 Å². The minimum Gasteiger partial charge on any atom is -0.300 e. The maximum Gasteiger partial charge on any atom is 0.163 e. The van der Waals surface area contributed by atoms with E-state index in [-0.39, 0.29) is 5.84 Å². The summed E-state index contributed by atoms with van der Waals surface area (Å²) in [6.45, 7) is 0. The molecule has 0 unspecified atom stereocenters. The molecule has 2 heterocycles. The van der Waals surface area contributed by atoms with Crippen LogP contribution in [0.1, 0.15) is 11.1 Å². The van der Waals surface area contributed by atoms with E-state index < -0.39 is 0 Å². The molecule has 0 spiro atoms. The number of aliphatic imine (C=N–C) groups is 2. The maximum absolute atomic E-state index is 8.60. The van der Waals surface area contributed by atoms with E-state index in [2.05, 4.69) is 70.2 Å². The Morgan fingerprint density at radius 2 is 1.29 bits per heavy atom. The standard InChI is InChI=1S/C33H22N4S/c34-32(22-11-3-1-4-12-22)36-33(23-13-5-2-6-14-23)35-21-37-27-17-9-7-16-26(27)30-28(37)20-19-25-24-15-8-10-18-29(24)38-31(25)30/h1-21,34H/b34-32?,35-21+,36-33-. The van der Waals surface area contributed by atoms with Crippen LogP contribution in [0, 0.1) is 5.41 Å². The Balaban J connectivity index is 1.43. The molecule has 4 nitrogen and oxygen atoms in total. The smallest absolute Gasteiger partial charge is 0.163 e. The number of benzene rings is 5. The number of hydrogen-bond acceptors (Lipinski definition) is 2. The van der Waals surface area contributed by atoms with Gasteiger partial charge in [0.15, 0.2) is 11.7 Å². The van der Waals surface area contributed by atoms with Gasteiger partial charge in [-0.2, -0.15) is 0 Å². The lowest BCUT2D eigenvalue weighted by molar-refractivity contribution is 1.31. The number of fused-ring (bicyclic) bond motifs is 7. The highest BCUT2D eigenvalue weighted by atomic mass is 32.1. The summed E-state index contributed by atoms with van der Waals surface area (Å²) in [5.74, 6) is 0.670. The van der Waals surface area contributed by atoms with Crippen LogP contribution < -0.4 is 0 Å². The van der Waals surface area contributed by atoms with Gasteiger partial charge in [-0.15, -0.1) is 11.3 Å². The van der Waals surface area contributed by atoms with Crippen molar-refractivity contribution in [2.45, 2.75) is 0 Å². The zero-order valence-electron chi connectivity index (χ0n) is 20.4. The molecule has 0 aliphatic heterocycles. The van der Waals surface area contributed by atoms with Crippen LogP contribution in [0.3, 0.4) is 0 Å². The zero-order valence-corrected chi connectivity index (χ0v) is 21.2. The molecule has 0 saturated carbocycles. The molecule has 0 fully saturated rings. The number of amidine groups is 2. The minimum absolute atomic E-state index is 0.177. The van der Waals surface area contributed by atoms with E-state index in [9.17, 15) is 0 Å². The van der Waals surface area contributed by atoms with Crippen molar-refractivity contribution in [3.05, 3.63) is 132 Å². The second-order valence-corrected chi connectivity index (χ2v) is 10.1. The van der Waals surface area contributed by atoms with Gasteiger partial charge < -0.3 is 0 Å². The van der Waals surface area contributed by atoms with E-state index in [1.54, 1.807) is 0 Å². The van der Waals surface area contributed by atoms with E-state index in [1.165, 1.54) is 30.9 Å². The first-order chi connectivity index (χ1) is 18.8. The number of aromatic nitrogens is 1. The van der Waals surface area contributed by atoms with E-state index in [1.807, 2.05) is 78.3 Å². The number of para-hydroxylation sites is 1. The number of nitrogens with one attached hydrogen (secondary N) is 1. The van der Waals surface area contributed by atoms with Crippen LogP contribution in [-0.4, -0.2) is 22.6 Å². The zero-order chi connectivity index (χ0) is 25.5. The van der Waals surface area contributed by atoms with Gasteiger partial charge in [0, 0.05) is 42.1 Å². The molecule has 7 rings (SSSR count). The monoisotopic (exact) mass is 506 g/mol. The summed E-state index contributed by atoms with van der Waals surface area (Å²) in [5.41, 5.74) is 3.79. The summed E-state index contributed by atoms with van der Waals surface area (Å²) in [6, 6.07) is 40.9. The van der Waals surface area contributed by atoms with Crippen LogP contribution in [-0.2, 0) is 0 Å². The Bertz CT molecular complexity index is 2030. The van der Waals surface area contributed by atoms with Crippen molar-refractivity contribution in [3.63, 3.8) is 0 Å². The molecule has 0 aliphatic carbocycles. The molecule has 0 saturated heterocycles. The normalized spacial score (nSPS) is 12.4. The second-order valence-electron chi connectivity index (χ2n) is 9.08. The van der Waals surface area contributed by atoms with Crippen molar-refractivity contribution in [1.29, 1.82) is 5.41 Å². The summed E-state index contributed by atoms with van der Waals surface area (Å²) in [7, 11) is 0. The molecule has 7 aromatic rings.